The molecule has 0 amide bonds. The molecule has 0 aliphatic rings. The highest BCUT2D eigenvalue weighted by Gasteiger charge is 1.90. The van der Waals surface area contributed by atoms with Crippen LogP contribution in [0.2, 0.25) is 0 Å². The molecule has 112 valence electrons. The summed E-state index contributed by atoms with van der Waals surface area (Å²) in [6.07, 6.45) is 3.30. The average molecular weight is 517 g/mol. The van der Waals surface area contributed by atoms with Gasteiger partial charge in [0, 0.05) is 7.14 Å². The lowest BCUT2D eigenvalue weighted by atomic mass is 10.2. The molecule has 0 fully saturated rings. The summed E-state index contributed by atoms with van der Waals surface area (Å²) in [6, 6.07) is 15.9. The molecule has 22 heavy (non-hydrogen) atoms. The molecule has 0 bridgehead atoms. The van der Waals surface area contributed by atoms with E-state index in [4.69, 9.17) is 5.73 Å². The molecule has 0 atom stereocenters. The highest BCUT2D eigenvalue weighted by atomic mass is 127. The van der Waals surface area contributed by atoms with Gasteiger partial charge in [-0.1, -0.05) is 24.3 Å². The number of guanidine groups is 1. The number of nitrogens with one attached hydrogen (secondary N) is 1. The first-order valence-corrected chi connectivity index (χ1v) is 8.46. The zero-order valence-electron chi connectivity index (χ0n) is 11.4. The van der Waals surface area contributed by atoms with Gasteiger partial charge < -0.3 is 5.73 Å². The Morgan fingerprint density at radius 1 is 0.864 bits per heavy atom. The largest absolute Gasteiger partial charge is 0.367 e. The van der Waals surface area contributed by atoms with E-state index in [1.807, 2.05) is 48.5 Å². The van der Waals surface area contributed by atoms with Crippen LogP contribution in [-0.2, 0) is 0 Å². The topological polar surface area (TPSA) is 75.1 Å². The number of benzene rings is 2. The number of nitrogens with zero attached hydrogens (tertiary/aromatic N) is 3. The first-order valence-electron chi connectivity index (χ1n) is 6.30. The minimum Gasteiger partial charge on any atom is -0.367 e. The van der Waals surface area contributed by atoms with Crippen molar-refractivity contribution in [1.29, 1.82) is 0 Å². The van der Waals surface area contributed by atoms with E-state index in [0.717, 1.165) is 11.1 Å². The summed E-state index contributed by atoms with van der Waals surface area (Å²) in [5.41, 5.74) is 10.2. The smallest absolute Gasteiger partial charge is 0.234 e. The lowest BCUT2D eigenvalue weighted by molar-refractivity contribution is 0.994. The molecule has 7 heteroatoms. The van der Waals surface area contributed by atoms with Crippen LogP contribution in [0.5, 0.6) is 0 Å². The highest BCUT2D eigenvalue weighted by molar-refractivity contribution is 14.1. The number of rotatable bonds is 4. The molecule has 0 heterocycles. The molecule has 2 aromatic rings. The Hall–Kier alpha value is -1.49. The van der Waals surface area contributed by atoms with Gasteiger partial charge in [-0.25, -0.2) is 5.43 Å². The number of hydrazone groups is 1. The van der Waals surface area contributed by atoms with E-state index in [-0.39, 0.29) is 5.96 Å². The molecule has 0 unspecified atom stereocenters. The summed E-state index contributed by atoms with van der Waals surface area (Å²) < 4.78 is 2.35. The molecule has 0 aliphatic carbocycles. The molecule has 2 rings (SSSR count). The lowest BCUT2D eigenvalue weighted by Crippen LogP contribution is -2.26. The molecule has 0 aliphatic heterocycles. The van der Waals surface area contributed by atoms with Crippen molar-refractivity contribution in [2.24, 2.45) is 21.0 Å². The first-order chi connectivity index (χ1) is 10.6. The van der Waals surface area contributed by atoms with E-state index >= 15 is 0 Å². The molecule has 2 aromatic carbocycles. The Labute approximate surface area is 156 Å². The van der Waals surface area contributed by atoms with Crippen molar-refractivity contribution in [3.05, 3.63) is 66.8 Å². The van der Waals surface area contributed by atoms with Crippen LogP contribution in [0.4, 0.5) is 0 Å². The van der Waals surface area contributed by atoms with Crippen LogP contribution in [0.15, 0.2) is 63.8 Å². The van der Waals surface area contributed by atoms with E-state index in [9.17, 15) is 0 Å². The molecule has 0 saturated carbocycles. The van der Waals surface area contributed by atoms with Gasteiger partial charge in [-0.05, 0) is 80.6 Å². The van der Waals surface area contributed by atoms with E-state index in [1.165, 1.54) is 7.14 Å². The van der Waals surface area contributed by atoms with Crippen molar-refractivity contribution in [1.82, 2.24) is 5.43 Å². The molecular formula is C15H13I2N5. The van der Waals surface area contributed by atoms with Gasteiger partial charge in [-0.3, -0.25) is 0 Å². The summed E-state index contributed by atoms with van der Waals surface area (Å²) in [4.78, 5) is 0. The van der Waals surface area contributed by atoms with Gasteiger partial charge in [0.05, 0.1) is 12.4 Å². The second-order valence-corrected chi connectivity index (χ2v) is 6.69. The van der Waals surface area contributed by atoms with Crippen molar-refractivity contribution in [3.63, 3.8) is 0 Å². The second kappa shape index (κ2) is 8.83. The summed E-state index contributed by atoms with van der Waals surface area (Å²) >= 11 is 4.50. The third kappa shape index (κ3) is 6.10. The van der Waals surface area contributed by atoms with Crippen molar-refractivity contribution in [2.45, 2.75) is 0 Å². The van der Waals surface area contributed by atoms with Gasteiger partial charge in [0.2, 0.25) is 5.96 Å². The van der Waals surface area contributed by atoms with E-state index in [0.29, 0.717) is 0 Å². The number of hydrogen-bond donors (Lipinski definition) is 2. The SMILES string of the molecule is NC(=NN=Cc1ccc(I)cc1)NN=Cc1ccc(I)cc1. The number of nitrogens with two attached hydrogens (primary N) is 1. The van der Waals surface area contributed by atoms with Crippen LogP contribution in [0, 0.1) is 7.14 Å². The van der Waals surface area contributed by atoms with Gasteiger partial charge in [0.1, 0.15) is 0 Å². The maximum Gasteiger partial charge on any atom is 0.234 e. The minimum absolute atomic E-state index is 0.128. The molecule has 3 N–H and O–H groups in total. The predicted octanol–water partition coefficient (Wildman–Crippen LogP) is 3.17. The monoisotopic (exact) mass is 517 g/mol. The van der Waals surface area contributed by atoms with Gasteiger partial charge in [0.25, 0.3) is 0 Å². The Balaban J connectivity index is 1.87. The van der Waals surface area contributed by atoms with Crippen molar-refractivity contribution >= 4 is 63.6 Å². The fraction of sp³-hybridized carbons (Fsp3) is 0. The quantitative estimate of drug-likeness (QED) is 0.283. The van der Waals surface area contributed by atoms with Crippen LogP contribution < -0.4 is 11.2 Å². The van der Waals surface area contributed by atoms with Crippen LogP contribution in [0.25, 0.3) is 0 Å². The van der Waals surface area contributed by atoms with E-state index < -0.39 is 0 Å². The van der Waals surface area contributed by atoms with Gasteiger partial charge >= 0.3 is 0 Å². The van der Waals surface area contributed by atoms with E-state index in [2.05, 4.69) is 65.9 Å². The Kier molecular flexibility index (Phi) is 6.77. The molecule has 0 radical (unpaired) electrons. The maximum atomic E-state index is 5.66. The zero-order chi connectivity index (χ0) is 15.8. The summed E-state index contributed by atoms with van der Waals surface area (Å²) in [7, 11) is 0. The van der Waals surface area contributed by atoms with Gasteiger partial charge in [0.15, 0.2) is 0 Å². The Morgan fingerprint density at radius 2 is 1.36 bits per heavy atom. The zero-order valence-corrected chi connectivity index (χ0v) is 15.8. The summed E-state index contributed by atoms with van der Waals surface area (Å²) in [6.45, 7) is 0. The maximum absolute atomic E-state index is 5.66. The van der Waals surface area contributed by atoms with Gasteiger partial charge in [-0.15, -0.1) is 5.10 Å². The van der Waals surface area contributed by atoms with Gasteiger partial charge in [-0.2, -0.15) is 10.2 Å². The lowest BCUT2D eigenvalue weighted by Gasteiger charge is -1.96. The molecule has 0 saturated heterocycles. The second-order valence-electron chi connectivity index (χ2n) is 4.20. The van der Waals surface area contributed by atoms with Crippen LogP contribution in [0.3, 0.4) is 0 Å². The molecule has 0 spiro atoms. The third-order valence-electron chi connectivity index (χ3n) is 2.51. The highest BCUT2D eigenvalue weighted by Crippen LogP contribution is 2.05. The molecule has 0 aromatic heterocycles. The fourth-order valence-corrected chi connectivity index (χ4v) is 2.17. The van der Waals surface area contributed by atoms with Crippen molar-refractivity contribution in [3.8, 4) is 0 Å². The first kappa shape index (κ1) is 16.9. The van der Waals surface area contributed by atoms with Crippen molar-refractivity contribution < 1.29 is 0 Å². The van der Waals surface area contributed by atoms with Crippen LogP contribution in [-0.4, -0.2) is 18.4 Å². The standard InChI is InChI=1S/C15H13I2N5/c16-13-5-1-11(2-6-13)9-19-21-15(18)22-20-10-12-3-7-14(17)8-4-12/h1-10H,(H3,18,21,22). The van der Waals surface area contributed by atoms with Crippen LogP contribution in [0.1, 0.15) is 11.1 Å². The summed E-state index contributed by atoms with van der Waals surface area (Å²) in [5, 5.41) is 11.7. The molecule has 5 nitrogen and oxygen atoms in total. The normalized spacial score (nSPS) is 12.2. The third-order valence-corrected chi connectivity index (χ3v) is 3.94. The van der Waals surface area contributed by atoms with Crippen LogP contribution >= 0.6 is 45.2 Å². The Bertz CT molecular complexity index is 691. The summed E-state index contributed by atoms with van der Waals surface area (Å²) in [5.74, 6) is 0.128. The minimum atomic E-state index is 0.128. The van der Waals surface area contributed by atoms with Crippen molar-refractivity contribution in [2.75, 3.05) is 0 Å². The van der Waals surface area contributed by atoms with E-state index in [1.54, 1.807) is 12.4 Å². The molecular weight excluding hydrogens is 504 g/mol. The Morgan fingerprint density at radius 3 is 1.91 bits per heavy atom. The predicted molar refractivity (Wildman–Crippen MR) is 108 cm³/mol. The number of halogens is 2. The fourth-order valence-electron chi connectivity index (χ4n) is 1.45. The average Bonchev–Trinajstić information content (AvgIpc) is 2.51. The number of hydrogen-bond acceptors (Lipinski definition) is 3.